The van der Waals surface area contributed by atoms with Gasteiger partial charge in [-0.05, 0) is 35.8 Å². The molecule has 0 saturated carbocycles. The van der Waals surface area contributed by atoms with E-state index >= 15 is 0 Å². The van der Waals surface area contributed by atoms with Crippen molar-refractivity contribution in [2.24, 2.45) is 0 Å². The van der Waals surface area contributed by atoms with E-state index in [0.717, 1.165) is 51.3 Å². The number of methoxy groups -OCH3 is 2. The van der Waals surface area contributed by atoms with Gasteiger partial charge in [-0.15, -0.1) is 10.2 Å². The summed E-state index contributed by atoms with van der Waals surface area (Å²) in [5.41, 5.74) is 2.29. The van der Waals surface area contributed by atoms with Gasteiger partial charge in [-0.3, -0.25) is 0 Å². The van der Waals surface area contributed by atoms with Gasteiger partial charge in [-0.1, -0.05) is 53.8 Å². The van der Waals surface area contributed by atoms with E-state index in [0.29, 0.717) is 0 Å². The summed E-state index contributed by atoms with van der Waals surface area (Å²) in [6, 6.07) is 16.1. The molecule has 0 aliphatic heterocycles. The van der Waals surface area contributed by atoms with Gasteiger partial charge in [-0.25, -0.2) is 0 Å². The van der Waals surface area contributed by atoms with Crippen molar-refractivity contribution in [3.63, 3.8) is 0 Å². The molecule has 0 unspecified atom stereocenters. The van der Waals surface area contributed by atoms with Crippen molar-refractivity contribution in [3.05, 3.63) is 70.5 Å². The van der Waals surface area contributed by atoms with Crippen LogP contribution in [-0.2, 0) is 12.8 Å². The normalized spacial score (nSPS) is 11.4. The average Bonchev–Trinajstić information content (AvgIpc) is 3.32. The van der Waals surface area contributed by atoms with Gasteiger partial charge in [0, 0.05) is 6.42 Å². The number of benzene rings is 2. The lowest BCUT2D eigenvalue weighted by Gasteiger charge is -2.09. The maximum Gasteiger partial charge on any atom is 0.234 e. The highest BCUT2D eigenvalue weighted by molar-refractivity contribution is 7.17. The van der Waals surface area contributed by atoms with Crippen LogP contribution in [0.2, 0.25) is 0 Å². The van der Waals surface area contributed by atoms with Crippen LogP contribution in [0.1, 0.15) is 22.0 Å². The molecule has 2 aromatic heterocycles. The van der Waals surface area contributed by atoms with E-state index < -0.39 is 0 Å². The zero-order chi connectivity index (χ0) is 19.3. The quantitative estimate of drug-likeness (QED) is 0.473. The molecule has 0 saturated heterocycles. The highest BCUT2D eigenvalue weighted by Crippen LogP contribution is 2.28. The lowest BCUT2D eigenvalue weighted by molar-refractivity contribution is 0.354. The van der Waals surface area contributed by atoms with Crippen LogP contribution in [0.4, 0.5) is 0 Å². The molecule has 2 heterocycles. The summed E-state index contributed by atoms with van der Waals surface area (Å²) in [5, 5.41) is 14.1. The van der Waals surface area contributed by atoms with Crippen LogP contribution in [0.25, 0.3) is 17.1 Å². The summed E-state index contributed by atoms with van der Waals surface area (Å²) in [6.45, 7) is 0. The molecule has 0 fully saturated rings. The first-order chi connectivity index (χ1) is 13.8. The molecule has 0 N–H and O–H groups in total. The summed E-state index contributed by atoms with van der Waals surface area (Å²) in [5.74, 6) is 2.30. The molecule has 6 nitrogen and oxygen atoms in total. The number of rotatable bonds is 7. The third kappa shape index (κ3) is 3.89. The Balaban J connectivity index is 1.49. The van der Waals surface area contributed by atoms with Crippen molar-refractivity contribution in [2.75, 3.05) is 14.2 Å². The standard InChI is InChI=1S/C21H20N4O2S/c1-26-17-11-8-16(14-18(17)27-2)9-12-19-22-23-21-25(19)24-20(28-21)13-10-15-6-4-3-5-7-15/h3-8,10-11,13-14H,9,12H2,1-2H3/b13-10+. The van der Waals surface area contributed by atoms with Crippen LogP contribution >= 0.6 is 11.3 Å². The van der Waals surface area contributed by atoms with E-state index in [-0.39, 0.29) is 0 Å². The Hall–Kier alpha value is -3.19. The van der Waals surface area contributed by atoms with E-state index in [2.05, 4.69) is 33.5 Å². The summed E-state index contributed by atoms with van der Waals surface area (Å²) < 4.78 is 12.5. The monoisotopic (exact) mass is 392 g/mol. The van der Waals surface area contributed by atoms with Crippen molar-refractivity contribution < 1.29 is 9.47 Å². The molecule has 4 rings (SSSR count). The predicted octanol–water partition coefficient (Wildman–Crippen LogP) is 4.16. The Morgan fingerprint density at radius 3 is 2.54 bits per heavy atom. The van der Waals surface area contributed by atoms with Gasteiger partial charge in [0.2, 0.25) is 4.96 Å². The molecule has 28 heavy (non-hydrogen) atoms. The van der Waals surface area contributed by atoms with E-state index in [9.17, 15) is 0 Å². The van der Waals surface area contributed by atoms with Gasteiger partial charge in [0.1, 0.15) is 5.01 Å². The van der Waals surface area contributed by atoms with Gasteiger partial charge >= 0.3 is 0 Å². The molecule has 4 aromatic rings. The molecule has 0 radical (unpaired) electrons. The fourth-order valence-corrected chi connectivity index (χ4v) is 3.68. The van der Waals surface area contributed by atoms with E-state index in [4.69, 9.17) is 9.47 Å². The summed E-state index contributed by atoms with van der Waals surface area (Å²) in [4.78, 5) is 0.801. The fourth-order valence-electron chi connectivity index (χ4n) is 2.92. The van der Waals surface area contributed by atoms with Crippen molar-refractivity contribution in [2.45, 2.75) is 12.8 Å². The minimum absolute atomic E-state index is 0.727. The Morgan fingerprint density at radius 1 is 0.929 bits per heavy atom. The zero-order valence-electron chi connectivity index (χ0n) is 15.7. The molecular formula is C21H20N4O2S. The number of aromatic nitrogens is 4. The van der Waals surface area contributed by atoms with Crippen molar-refractivity contribution in [1.29, 1.82) is 0 Å². The fraction of sp³-hybridized carbons (Fsp3) is 0.190. The predicted molar refractivity (Wildman–Crippen MR) is 111 cm³/mol. The number of nitrogens with zero attached hydrogens (tertiary/aromatic N) is 4. The van der Waals surface area contributed by atoms with Crippen LogP contribution in [-0.4, -0.2) is 34.0 Å². The third-order valence-electron chi connectivity index (χ3n) is 4.37. The highest BCUT2D eigenvalue weighted by Gasteiger charge is 2.11. The molecular weight excluding hydrogens is 372 g/mol. The minimum Gasteiger partial charge on any atom is -0.493 e. The first kappa shape index (κ1) is 18.2. The number of hydrogen-bond acceptors (Lipinski definition) is 6. The summed E-state index contributed by atoms with van der Waals surface area (Å²) in [7, 11) is 3.28. The SMILES string of the molecule is COc1ccc(CCc2nnc3sc(/C=C/c4ccccc4)nn23)cc1OC. The zero-order valence-corrected chi connectivity index (χ0v) is 16.5. The van der Waals surface area contributed by atoms with Crippen molar-refractivity contribution >= 4 is 28.4 Å². The molecule has 0 bridgehead atoms. The summed E-state index contributed by atoms with van der Waals surface area (Å²) in [6.07, 6.45) is 5.61. The highest BCUT2D eigenvalue weighted by atomic mass is 32.1. The van der Waals surface area contributed by atoms with Gasteiger partial charge in [-0.2, -0.15) is 9.61 Å². The molecule has 0 aliphatic rings. The van der Waals surface area contributed by atoms with Gasteiger partial charge < -0.3 is 9.47 Å². The summed E-state index contributed by atoms with van der Waals surface area (Å²) >= 11 is 1.52. The third-order valence-corrected chi connectivity index (χ3v) is 5.24. The molecule has 142 valence electrons. The number of hydrogen-bond donors (Lipinski definition) is 0. The van der Waals surface area contributed by atoms with Gasteiger partial charge in [0.15, 0.2) is 17.3 Å². The number of fused-ring (bicyclic) bond motifs is 1. The second kappa shape index (κ2) is 8.22. The van der Waals surface area contributed by atoms with Crippen LogP contribution in [0.5, 0.6) is 11.5 Å². The molecule has 2 aromatic carbocycles. The molecule has 0 atom stereocenters. The largest absolute Gasteiger partial charge is 0.493 e. The van der Waals surface area contributed by atoms with Crippen LogP contribution < -0.4 is 9.47 Å². The second-order valence-electron chi connectivity index (χ2n) is 6.18. The van der Waals surface area contributed by atoms with Crippen LogP contribution in [0.15, 0.2) is 48.5 Å². The first-order valence-corrected chi connectivity index (χ1v) is 9.73. The van der Waals surface area contributed by atoms with Crippen LogP contribution in [0.3, 0.4) is 0 Å². The molecule has 7 heteroatoms. The van der Waals surface area contributed by atoms with Gasteiger partial charge in [0.05, 0.1) is 14.2 Å². The van der Waals surface area contributed by atoms with E-state index in [1.807, 2.05) is 47.0 Å². The Morgan fingerprint density at radius 2 is 1.75 bits per heavy atom. The lowest BCUT2D eigenvalue weighted by atomic mass is 10.1. The minimum atomic E-state index is 0.727. The molecule has 0 aliphatic carbocycles. The maximum atomic E-state index is 5.37. The second-order valence-corrected chi connectivity index (χ2v) is 7.17. The van der Waals surface area contributed by atoms with Crippen molar-refractivity contribution in [1.82, 2.24) is 19.8 Å². The number of aryl methyl sites for hydroxylation is 2. The molecule has 0 amide bonds. The van der Waals surface area contributed by atoms with E-state index in [1.54, 1.807) is 14.2 Å². The Labute approximate surface area is 167 Å². The van der Waals surface area contributed by atoms with Gasteiger partial charge in [0.25, 0.3) is 0 Å². The molecule has 0 spiro atoms. The lowest BCUT2D eigenvalue weighted by Crippen LogP contribution is -2.00. The van der Waals surface area contributed by atoms with E-state index in [1.165, 1.54) is 11.3 Å². The Kier molecular flexibility index (Phi) is 5.34. The Bertz CT molecular complexity index is 1100. The smallest absolute Gasteiger partial charge is 0.234 e. The van der Waals surface area contributed by atoms with Crippen LogP contribution in [0, 0.1) is 0 Å². The van der Waals surface area contributed by atoms with Crippen molar-refractivity contribution in [3.8, 4) is 11.5 Å². The topological polar surface area (TPSA) is 61.5 Å². The number of ether oxygens (including phenoxy) is 2. The first-order valence-electron chi connectivity index (χ1n) is 8.92. The maximum absolute atomic E-state index is 5.37. The average molecular weight is 392 g/mol.